The van der Waals surface area contributed by atoms with Crippen LogP contribution in [-0.4, -0.2) is 46.3 Å². The van der Waals surface area contributed by atoms with Crippen LogP contribution in [0.5, 0.6) is 0 Å². The third-order valence-electron chi connectivity index (χ3n) is 2.79. The highest BCUT2D eigenvalue weighted by molar-refractivity contribution is 7.98. The number of thioether (sulfide) groups is 1. The number of aromatic nitrogens is 2. The Balaban J connectivity index is 2.89. The zero-order chi connectivity index (χ0) is 14.5. The van der Waals surface area contributed by atoms with Crippen LogP contribution in [-0.2, 0) is 0 Å². The summed E-state index contributed by atoms with van der Waals surface area (Å²) in [5.74, 6) is 2.60. The number of hydrogen-bond donors (Lipinski definition) is 3. The maximum atomic E-state index is 10.2. The molecule has 0 bridgehead atoms. The summed E-state index contributed by atoms with van der Waals surface area (Å²) in [6.07, 6.45) is 3.52. The lowest BCUT2D eigenvalue weighted by atomic mass is 10.0. The smallest absolute Gasteiger partial charge is 0.135 e. The predicted octanol–water partition coefficient (Wildman–Crippen LogP) is 2.17. The second-order valence-corrected chi connectivity index (χ2v) is 6.04. The summed E-state index contributed by atoms with van der Waals surface area (Å²) >= 11 is 1.63. The first-order valence-electron chi connectivity index (χ1n) is 6.39. The van der Waals surface area contributed by atoms with Crippen molar-refractivity contribution in [3.63, 3.8) is 0 Å². The first-order valence-corrected chi connectivity index (χ1v) is 7.78. The van der Waals surface area contributed by atoms with Gasteiger partial charge in [-0.25, -0.2) is 9.97 Å². The van der Waals surface area contributed by atoms with Gasteiger partial charge in [0.2, 0.25) is 0 Å². The van der Waals surface area contributed by atoms with Gasteiger partial charge in [0, 0.05) is 24.9 Å². The Morgan fingerprint density at radius 1 is 1.37 bits per heavy atom. The number of aliphatic hydroxyl groups is 1. The Kier molecular flexibility index (Phi) is 5.87. The molecule has 0 saturated heterocycles. The molecule has 6 heteroatoms. The van der Waals surface area contributed by atoms with E-state index in [0.717, 1.165) is 17.2 Å². The molecule has 5 nitrogen and oxygen atoms in total. The van der Waals surface area contributed by atoms with E-state index in [4.69, 9.17) is 0 Å². The van der Waals surface area contributed by atoms with E-state index in [-0.39, 0.29) is 0 Å². The summed E-state index contributed by atoms with van der Waals surface area (Å²) in [5.41, 5.74) is 0.295. The fraction of sp³-hybridized carbons (Fsp3) is 0.692. The van der Waals surface area contributed by atoms with Crippen LogP contribution < -0.4 is 10.6 Å². The summed E-state index contributed by atoms with van der Waals surface area (Å²) in [6, 6.07) is 0. The normalized spacial score (nSPS) is 14.3. The topological polar surface area (TPSA) is 70.1 Å². The van der Waals surface area contributed by atoms with Gasteiger partial charge in [0.15, 0.2) is 0 Å². The molecule has 3 N–H and O–H groups in total. The fourth-order valence-corrected chi connectivity index (χ4v) is 2.64. The Hall–Kier alpha value is -1.01. The molecule has 1 aromatic heterocycles. The van der Waals surface area contributed by atoms with Crippen LogP contribution in [0, 0.1) is 0 Å². The van der Waals surface area contributed by atoms with E-state index in [2.05, 4.69) is 34.4 Å². The summed E-state index contributed by atoms with van der Waals surface area (Å²) in [6.45, 7) is 6.49. The molecule has 1 heterocycles. The average molecular weight is 284 g/mol. The van der Waals surface area contributed by atoms with Gasteiger partial charge in [0.25, 0.3) is 0 Å². The average Bonchev–Trinajstić information content (AvgIpc) is 2.35. The van der Waals surface area contributed by atoms with Gasteiger partial charge in [0.1, 0.15) is 18.0 Å². The first-order chi connectivity index (χ1) is 8.91. The largest absolute Gasteiger partial charge is 0.387 e. The minimum absolute atomic E-state index is 0.302. The highest BCUT2D eigenvalue weighted by Crippen LogP contribution is 2.28. The Bertz CT molecular complexity index is 410. The Morgan fingerprint density at radius 2 is 2.00 bits per heavy atom. The second kappa shape index (κ2) is 6.96. The minimum Gasteiger partial charge on any atom is -0.387 e. The molecule has 19 heavy (non-hydrogen) atoms. The Labute approximate surface area is 119 Å². The summed E-state index contributed by atoms with van der Waals surface area (Å²) in [4.78, 5) is 8.52. The van der Waals surface area contributed by atoms with Gasteiger partial charge in [-0.3, -0.25) is 0 Å². The standard InChI is InChI=1S/C13H24N4OS/c1-9(2)10-11(14-4)16-8-17-12(10)15-6-13(3,18)7-19-5/h8-9,18H,6-7H2,1-5H3,(H2,14,15,16,17). The van der Waals surface area contributed by atoms with Crippen molar-refractivity contribution in [2.45, 2.75) is 32.3 Å². The molecule has 1 rings (SSSR count). The highest BCUT2D eigenvalue weighted by atomic mass is 32.2. The van der Waals surface area contributed by atoms with Crippen molar-refractivity contribution in [3.8, 4) is 0 Å². The van der Waals surface area contributed by atoms with Gasteiger partial charge in [-0.1, -0.05) is 13.8 Å². The van der Waals surface area contributed by atoms with Crippen molar-refractivity contribution in [2.24, 2.45) is 0 Å². The molecule has 0 fully saturated rings. The van der Waals surface area contributed by atoms with Crippen LogP contribution in [0.3, 0.4) is 0 Å². The summed E-state index contributed by atoms with van der Waals surface area (Å²) < 4.78 is 0. The molecule has 0 aliphatic rings. The number of nitrogens with zero attached hydrogens (tertiary/aromatic N) is 2. The van der Waals surface area contributed by atoms with Gasteiger partial charge < -0.3 is 15.7 Å². The van der Waals surface area contributed by atoms with Crippen molar-refractivity contribution in [3.05, 3.63) is 11.9 Å². The number of hydrogen-bond acceptors (Lipinski definition) is 6. The van der Waals surface area contributed by atoms with Crippen molar-refractivity contribution < 1.29 is 5.11 Å². The van der Waals surface area contributed by atoms with Gasteiger partial charge in [0.05, 0.1) is 5.60 Å². The molecule has 108 valence electrons. The maximum Gasteiger partial charge on any atom is 0.135 e. The van der Waals surface area contributed by atoms with E-state index in [1.807, 2.05) is 20.2 Å². The molecule has 0 spiro atoms. The van der Waals surface area contributed by atoms with Crippen molar-refractivity contribution >= 4 is 23.4 Å². The highest BCUT2D eigenvalue weighted by Gasteiger charge is 2.21. The van der Waals surface area contributed by atoms with Crippen LogP contribution in [0.15, 0.2) is 6.33 Å². The van der Waals surface area contributed by atoms with Crippen LogP contribution in [0.1, 0.15) is 32.3 Å². The Morgan fingerprint density at radius 3 is 2.53 bits per heavy atom. The molecule has 0 saturated carbocycles. The van der Waals surface area contributed by atoms with E-state index in [1.165, 1.54) is 6.33 Å². The van der Waals surface area contributed by atoms with E-state index < -0.39 is 5.60 Å². The SMILES string of the molecule is CNc1ncnc(NCC(C)(O)CSC)c1C(C)C. The zero-order valence-electron chi connectivity index (χ0n) is 12.3. The third-order valence-corrected chi connectivity index (χ3v) is 3.70. The van der Waals surface area contributed by atoms with E-state index in [0.29, 0.717) is 18.2 Å². The molecule has 0 amide bonds. The molecule has 0 aliphatic carbocycles. The zero-order valence-corrected chi connectivity index (χ0v) is 13.1. The quantitative estimate of drug-likeness (QED) is 0.713. The molecular formula is C13H24N4OS. The van der Waals surface area contributed by atoms with Crippen molar-refractivity contribution in [2.75, 3.05) is 36.2 Å². The predicted molar refractivity (Wildman–Crippen MR) is 83.2 cm³/mol. The van der Waals surface area contributed by atoms with Crippen LogP contribution in [0.2, 0.25) is 0 Å². The van der Waals surface area contributed by atoms with Crippen molar-refractivity contribution in [1.29, 1.82) is 0 Å². The van der Waals surface area contributed by atoms with Gasteiger partial charge in [-0.2, -0.15) is 11.8 Å². The molecule has 0 radical (unpaired) electrons. The lowest BCUT2D eigenvalue weighted by Crippen LogP contribution is -2.36. The van der Waals surface area contributed by atoms with E-state index in [9.17, 15) is 5.11 Å². The van der Waals surface area contributed by atoms with E-state index >= 15 is 0 Å². The molecular weight excluding hydrogens is 260 g/mol. The van der Waals surface area contributed by atoms with E-state index in [1.54, 1.807) is 11.8 Å². The minimum atomic E-state index is -0.752. The van der Waals surface area contributed by atoms with Crippen LogP contribution >= 0.6 is 11.8 Å². The first kappa shape index (κ1) is 16.0. The molecule has 1 unspecified atom stereocenters. The summed E-state index contributed by atoms with van der Waals surface area (Å²) in [5, 5.41) is 16.5. The third kappa shape index (κ3) is 4.54. The maximum absolute atomic E-state index is 10.2. The monoisotopic (exact) mass is 284 g/mol. The van der Waals surface area contributed by atoms with Gasteiger partial charge in [-0.05, 0) is 19.1 Å². The fourth-order valence-electron chi connectivity index (χ4n) is 1.92. The molecule has 1 aromatic rings. The van der Waals surface area contributed by atoms with Gasteiger partial charge in [-0.15, -0.1) is 0 Å². The van der Waals surface area contributed by atoms with Crippen LogP contribution in [0.25, 0.3) is 0 Å². The number of nitrogens with one attached hydrogen (secondary N) is 2. The van der Waals surface area contributed by atoms with Gasteiger partial charge >= 0.3 is 0 Å². The summed E-state index contributed by atoms with van der Waals surface area (Å²) in [7, 11) is 1.85. The number of rotatable bonds is 7. The lowest BCUT2D eigenvalue weighted by molar-refractivity contribution is 0.0996. The number of anilines is 2. The molecule has 1 atom stereocenters. The lowest BCUT2D eigenvalue weighted by Gasteiger charge is -2.24. The molecule has 0 aliphatic heterocycles. The second-order valence-electron chi connectivity index (χ2n) is 5.17. The van der Waals surface area contributed by atoms with Crippen molar-refractivity contribution in [1.82, 2.24) is 9.97 Å². The molecule has 0 aromatic carbocycles. The van der Waals surface area contributed by atoms with Crippen LogP contribution in [0.4, 0.5) is 11.6 Å².